The summed E-state index contributed by atoms with van der Waals surface area (Å²) in [5, 5.41) is 8.69. The number of hydrogen-bond donors (Lipinski definition) is 1. The highest BCUT2D eigenvalue weighted by Crippen LogP contribution is 2.32. The molecule has 5 nitrogen and oxygen atoms in total. The third-order valence-corrected chi connectivity index (χ3v) is 5.96. The van der Waals surface area contributed by atoms with Crippen LogP contribution in [0.1, 0.15) is 20.8 Å². The summed E-state index contributed by atoms with van der Waals surface area (Å²) in [5.41, 5.74) is 0. The lowest BCUT2D eigenvalue weighted by Crippen LogP contribution is -2.46. The van der Waals surface area contributed by atoms with Gasteiger partial charge in [0.1, 0.15) is 6.04 Å². The van der Waals surface area contributed by atoms with Gasteiger partial charge in [-0.25, -0.2) is 8.42 Å². The van der Waals surface area contributed by atoms with Crippen LogP contribution < -0.4 is 0 Å². The molecule has 0 aliphatic carbocycles. The average molecular weight is 267 g/mol. The molecule has 1 aliphatic heterocycles. The number of sulfonamides is 1. The molecule has 94 valence electrons. The van der Waals surface area contributed by atoms with Gasteiger partial charge in [-0.2, -0.15) is 4.31 Å². The van der Waals surface area contributed by atoms with Crippen molar-refractivity contribution in [3.05, 3.63) is 0 Å². The Bertz CT molecular complexity index is 366. The molecule has 0 aromatic carbocycles. The van der Waals surface area contributed by atoms with Crippen molar-refractivity contribution >= 4 is 27.8 Å². The van der Waals surface area contributed by atoms with E-state index in [2.05, 4.69) is 0 Å². The van der Waals surface area contributed by atoms with Gasteiger partial charge in [-0.3, -0.25) is 4.79 Å². The molecule has 0 aromatic heterocycles. The van der Waals surface area contributed by atoms with Crippen molar-refractivity contribution in [3.8, 4) is 0 Å². The maximum Gasteiger partial charge on any atom is 0.322 e. The largest absolute Gasteiger partial charge is 0.480 e. The van der Waals surface area contributed by atoms with Gasteiger partial charge in [0.2, 0.25) is 10.0 Å². The van der Waals surface area contributed by atoms with E-state index in [1.807, 2.05) is 0 Å². The molecule has 1 N–H and O–H groups in total. The maximum absolute atomic E-state index is 12.0. The second-order valence-corrected chi connectivity index (χ2v) is 7.56. The molecule has 0 saturated carbocycles. The van der Waals surface area contributed by atoms with Gasteiger partial charge in [0.15, 0.2) is 0 Å². The Morgan fingerprint density at radius 1 is 1.56 bits per heavy atom. The van der Waals surface area contributed by atoms with Crippen LogP contribution in [-0.2, 0) is 14.8 Å². The zero-order valence-corrected chi connectivity index (χ0v) is 11.2. The number of hydrogen-bond acceptors (Lipinski definition) is 4. The van der Waals surface area contributed by atoms with Crippen LogP contribution in [0.5, 0.6) is 0 Å². The molecule has 1 aliphatic rings. The summed E-state index contributed by atoms with van der Waals surface area (Å²) >= 11 is 1.36. The number of carboxylic acids is 1. The van der Waals surface area contributed by atoms with E-state index in [1.54, 1.807) is 20.8 Å². The second kappa shape index (κ2) is 4.93. The highest BCUT2D eigenvalue weighted by molar-refractivity contribution is 8.01. The summed E-state index contributed by atoms with van der Waals surface area (Å²) in [4.78, 5) is 11.0. The first-order chi connectivity index (χ1) is 7.25. The highest BCUT2D eigenvalue weighted by atomic mass is 32.2. The van der Waals surface area contributed by atoms with Crippen molar-refractivity contribution < 1.29 is 18.3 Å². The minimum absolute atomic E-state index is 0.00167. The van der Waals surface area contributed by atoms with Crippen molar-refractivity contribution in [2.24, 2.45) is 5.92 Å². The smallest absolute Gasteiger partial charge is 0.322 e. The van der Waals surface area contributed by atoms with E-state index in [1.165, 1.54) is 11.8 Å². The van der Waals surface area contributed by atoms with Crippen molar-refractivity contribution in [2.45, 2.75) is 32.2 Å². The molecule has 1 fully saturated rings. The Morgan fingerprint density at radius 3 is 2.56 bits per heavy atom. The van der Waals surface area contributed by atoms with Crippen LogP contribution in [0.15, 0.2) is 0 Å². The number of aliphatic carboxylic acids is 1. The van der Waals surface area contributed by atoms with Gasteiger partial charge in [-0.15, -0.1) is 11.8 Å². The standard InChI is InChI=1S/C9H17NO4S2/c1-6(2)5-16(13,14)10-7(3)15-4-8(10)9(11)12/h6-8H,4-5H2,1-3H3,(H,11,12). The molecule has 0 aromatic rings. The Balaban J connectivity index is 2.95. The molecular weight excluding hydrogens is 250 g/mol. The second-order valence-electron chi connectivity index (χ2n) is 4.29. The normalized spacial score (nSPS) is 27.5. The van der Waals surface area contributed by atoms with Gasteiger partial charge in [0, 0.05) is 5.75 Å². The molecule has 0 radical (unpaired) electrons. The lowest BCUT2D eigenvalue weighted by molar-refractivity contribution is -0.140. The fraction of sp³-hybridized carbons (Fsp3) is 0.889. The summed E-state index contributed by atoms with van der Waals surface area (Å²) in [6.07, 6.45) is 0. The Kier molecular flexibility index (Phi) is 4.25. The van der Waals surface area contributed by atoms with E-state index in [0.717, 1.165) is 4.31 Å². The fourth-order valence-corrected chi connectivity index (χ4v) is 5.49. The van der Waals surface area contributed by atoms with Gasteiger partial charge in [0.05, 0.1) is 11.1 Å². The molecule has 2 atom stereocenters. The number of nitrogens with zero attached hydrogens (tertiary/aromatic N) is 1. The Labute approximate surface area is 100 Å². The van der Waals surface area contributed by atoms with Crippen LogP contribution >= 0.6 is 11.8 Å². The molecule has 2 unspecified atom stereocenters. The zero-order chi connectivity index (χ0) is 12.5. The van der Waals surface area contributed by atoms with E-state index in [-0.39, 0.29) is 17.0 Å². The number of rotatable bonds is 4. The zero-order valence-electron chi connectivity index (χ0n) is 9.58. The predicted molar refractivity (Wildman–Crippen MR) is 63.8 cm³/mol. The summed E-state index contributed by atoms with van der Waals surface area (Å²) in [7, 11) is -3.47. The summed E-state index contributed by atoms with van der Waals surface area (Å²) in [6, 6.07) is -0.913. The highest BCUT2D eigenvalue weighted by Gasteiger charge is 2.43. The molecular formula is C9H17NO4S2. The Morgan fingerprint density at radius 2 is 2.12 bits per heavy atom. The maximum atomic E-state index is 12.0. The molecule has 0 amide bonds. The summed E-state index contributed by atoms with van der Waals surface area (Å²) < 4.78 is 25.2. The van der Waals surface area contributed by atoms with Crippen molar-refractivity contribution in [3.63, 3.8) is 0 Å². The predicted octanol–water partition coefficient (Wildman–Crippen LogP) is 0.820. The van der Waals surface area contributed by atoms with Gasteiger partial charge in [0.25, 0.3) is 0 Å². The first-order valence-corrected chi connectivity index (χ1v) is 7.77. The van der Waals surface area contributed by atoms with Crippen LogP contribution in [0.25, 0.3) is 0 Å². The summed E-state index contributed by atoms with van der Waals surface area (Å²) in [5.74, 6) is -0.739. The molecule has 16 heavy (non-hydrogen) atoms. The van der Waals surface area contributed by atoms with E-state index in [4.69, 9.17) is 5.11 Å². The van der Waals surface area contributed by atoms with Crippen LogP contribution in [0.4, 0.5) is 0 Å². The van der Waals surface area contributed by atoms with Gasteiger partial charge < -0.3 is 5.11 Å². The van der Waals surface area contributed by atoms with Crippen molar-refractivity contribution in [1.82, 2.24) is 4.31 Å². The SMILES string of the molecule is CC(C)CS(=O)(=O)N1C(C)SCC1C(=O)O. The molecule has 1 saturated heterocycles. The van der Waals surface area contributed by atoms with Crippen molar-refractivity contribution in [1.29, 1.82) is 0 Å². The minimum atomic E-state index is -3.47. The Hall–Kier alpha value is -0.270. The minimum Gasteiger partial charge on any atom is -0.480 e. The van der Waals surface area contributed by atoms with Gasteiger partial charge in [-0.1, -0.05) is 13.8 Å². The third kappa shape index (κ3) is 2.89. The topological polar surface area (TPSA) is 74.7 Å². The fourth-order valence-electron chi connectivity index (χ4n) is 1.74. The molecule has 1 heterocycles. The number of thioether (sulfide) groups is 1. The third-order valence-electron chi connectivity index (χ3n) is 2.31. The van der Waals surface area contributed by atoms with Gasteiger partial charge >= 0.3 is 5.97 Å². The molecule has 7 heteroatoms. The van der Waals surface area contributed by atoms with Crippen molar-refractivity contribution in [2.75, 3.05) is 11.5 Å². The first kappa shape index (κ1) is 13.8. The number of carbonyl (C=O) groups is 1. The van der Waals surface area contributed by atoms with E-state index in [9.17, 15) is 13.2 Å². The molecule has 0 bridgehead atoms. The quantitative estimate of drug-likeness (QED) is 0.816. The lowest BCUT2D eigenvalue weighted by Gasteiger charge is -2.24. The van der Waals surface area contributed by atoms with Crippen LogP contribution in [0.3, 0.4) is 0 Å². The monoisotopic (exact) mass is 267 g/mol. The molecule has 1 rings (SSSR count). The number of carboxylic acid groups (broad SMARTS) is 1. The van der Waals surface area contributed by atoms with Crippen LogP contribution in [0.2, 0.25) is 0 Å². The first-order valence-electron chi connectivity index (χ1n) is 5.11. The van der Waals surface area contributed by atoms with E-state index < -0.39 is 22.0 Å². The van der Waals surface area contributed by atoms with Gasteiger partial charge in [-0.05, 0) is 12.8 Å². The van der Waals surface area contributed by atoms with Crippen LogP contribution in [-0.4, -0.2) is 46.7 Å². The molecule has 0 spiro atoms. The lowest BCUT2D eigenvalue weighted by atomic mass is 10.3. The van der Waals surface area contributed by atoms with E-state index in [0.29, 0.717) is 5.75 Å². The van der Waals surface area contributed by atoms with E-state index >= 15 is 0 Å². The summed E-state index contributed by atoms with van der Waals surface area (Å²) in [6.45, 7) is 5.34. The van der Waals surface area contributed by atoms with Crippen LogP contribution in [0, 0.1) is 5.92 Å². The average Bonchev–Trinajstić information content (AvgIpc) is 2.44.